The first-order valence-corrected chi connectivity index (χ1v) is 3.44. The van der Waals surface area contributed by atoms with E-state index >= 15 is 0 Å². The van der Waals surface area contributed by atoms with Gasteiger partial charge in [0.1, 0.15) is 0 Å². The van der Waals surface area contributed by atoms with Gasteiger partial charge in [0, 0.05) is 0 Å². The highest BCUT2D eigenvalue weighted by Crippen LogP contribution is 1.97. The highest BCUT2D eigenvalue weighted by atomic mass is 32.2. The molecule has 9 heavy (non-hydrogen) atoms. The summed E-state index contributed by atoms with van der Waals surface area (Å²) in [7, 11) is 0.208. The molecule has 0 rings (SSSR count). The molecule has 0 aliphatic heterocycles. The van der Waals surface area contributed by atoms with Crippen LogP contribution < -0.4 is 0 Å². The molecule has 2 N–H and O–H groups in total. The second-order valence-electron chi connectivity index (χ2n) is 2.34. The van der Waals surface area contributed by atoms with Crippen LogP contribution in [0.5, 0.6) is 0 Å². The molecule has 0 aromatic carbocycles. The summed E-state index contributed by atoms with van der Waals surface area (Å²) in [5, 5.41) is 0. The van der Waals surface area contributed by atoms with Crippen LogP contribution in [0.4, 0.5) is 0 Å². The van der Waals surface area contributed by atoms with Gasteiger partial charge in [0.05, 0.1) is 21.1 Å². The second kappa shape index (κ2) is 2.61. The van der Waals surface area contributed by atoms with Gasteiger partial charge in [-0.15, -0.1) is 8.42 Å². The smallest absolute Gasteiger partial charge is 0.432 e. The summed E-state index contributed by atoms with van der Waals surface area (Å²) in [4.78, 5) is 0. The molecule has 0 bridgehead atoms. The number of hydrogen-bond donors (Lipinski definition) is 1. The van der Waals surface area contributed by atoms with Crippen LogP contribution in [-0.4, -0.2) is 43.5 Å². The first-order valence-electron chi connectivity index (χ1n) is 2.04. The van der Waals surface area contributed by atoms with Crippen molar-refractivity contribution in [1.29, 1.82) is 0 Å². The lowest BCUT2D eigenvalue weighted by Crippen LogP contribution is -2.40. The quantitative estimate of drug-likeness (QED) is 0.403. The average molecular weight is 157 g/mol. The number of nitrogens with zero attached hydrogens (tertiary/aromatic N) is 1. The lowest BCUT2D eigenvalue weighted by atomic mass is 11.0. The van der Waals surface area contributed by atoms with Gasteiger partial charge in [0.2, 0.25) is 0 Å². The molecule has 6 heteroatoms. The maximum Gasteiger partial charge on any atom is 0.432 e. The average Bonchev–Trinajstić information content (AvgIpc) is 1.25. The van der Waals surface area contributed by atoms with Gasteiger partial charge in [-0.1, -0.05) is 0 Å². The van der Waals surface area contributed by atoms with Gasteiger partial charge in [0.25, 0.3) is 0 Å². The fraction of sp³-hybridized carbons (Fsp3) is 1.00. The van der Waals surface area contributed by atoms with Crippen molar-refractivity contribution in [3.8, 4) is 0 Å². The second-order valence-corrected chi connectivity index (χ2v) is 4.33. The Morgan fingerprint density at radius 3 is 1.33 bits per heavy atom. The molecule has 58 valence electrons. The molecule has 0 atom stereocenters. The molecule has 0 unspecified atom stereocenters. The summed E-state index contributed by atoms with van der Waals surface area (Å²) < 4.78 is 28.2. The van der Waals surface area contributed by atoms with Crippen LogP contribution >= 0.6 is 0 Å². The minimum Gasteiger partial charge on any atom is -0.870 e. The summed E-state index contributed by atoms with van der Waals surface area (Å²) in [6, 6.07) is 0. The molecule has 0 aliphatic rings. The minimum atomic E-state index is -3.90. The van der Waals surface area contributed by atoms with Crippen molar-refractivity contribution in [2.75, 3.05) is 21.1 Å². The summed E-state index contributed by atoms with van der Waals surface area (Å²) in [6.07, 6.45) is 0. The van der Waals surface area contributed by atoms with Crippen LogP contribution in [0.2, 0.25) is 0 Å². The third-order valence-electron chi connectivity index (χ3n) is 0.692. The molecule has 5 nitrogen and oxygen atoms in total. The molecular formula is C3H11NO4S. The maximum absolute atomic E-state index is 10.2. The van der Waals surface area contributed by atoms with Gasteiger partial charge in [-0.3, -0.25) is 0 Å². The van der Waals surface area contributed by atoms with E-state index < -0.39 is 14.2 Å². The zero-order valence-electron chi connectivity index (χ0n) is 5.57. The number of hydrogen-bond acceptors (Lipinski definition) is 3. The summed E-state index contributed by atoms with van der Waals surface area (Å²) in [6.45, 7) is 0. The zero-order valence-corrected chi connectivity index (χ0v) is 6.38. The molecule has 0 radical (unpaired) electrons. The molecule has 0 fully saturated rings. The van der Waals surface area contributed by atoms with Gasteiger partial charge < -0.3 is 5.48 Å². The van der Waals surface area contributed by atoms with Crippen molar-refractivity contribution in [3.05, 3.63) is 0 Å². The Bertz CT molecular complexity index is 165. The van der Waals surface area contributed by atoms with Crippen LogP contribution in [0.15, 0.2) is 0 Å². The van der Waals surface area contributed by atoms with Crippen molar-refractivity contribution in [1.82, 2.24) is 0 Å². The van der Waals surface area contributed by atoms with Gasteiger partial charge in [-0.05, 0) is 0 Å². The SMILES string of the molecule is C[N+](C)(C)S(=O)(=O)O.[OH-]. The highest BCUT2D eigenvalue weighted by molar-refractivity contribution is 7.80. The van der Waals surface area contributed by atoms with E-state index in [4.69, 9.17) is 4.55 Å². The predicted octanol–water partition coefficient (Wildman–Crippen LogP) is -0.681. The Labute approximate surface area is 54.7 Å². The van der Waals surface area contributed by atoms with Gasteiger partial charge >= 0.3 is 10.3 Å². The van der Waals surface area contributed by atoms with Crippen LogP contribution in [0.3, 0.4) is 0 Å². The standard InChI is InChI=1S/C3H9NO3S.H2O/c1-4(2,3)8(5,6)7;/h1-3H3;1H2. The Kier molecular flexibility index (Phi) is 3.37. The van der Waals surface area contributed by atoms with E-state index in [2.05, 4.69) is 0 Å². The van der Waals surface area contributed by atoms with E-state index in [9.17, 15) is 8.42 Å². The Morgan fingerprint density at radius 1 is 1.22 bits per heavy atom. The summed E-state index contributed by atoms with van der Waals surface area (Å²) in [5.74, 6) is 0. The largest absolute Gasteiger partial charge is 0.870 e. The van der Waals surface area contributed by atoms with E-state index in [0.29, 0.717) is 0 Å². The third-order valence-corrected chi connectivity index (χ3v) is 2.08. The van der Waals surface area contributed by atoms with Crippen LogP contribution in [-0.2, 0) is 10.3 Å². The van der Waals surface area contributed by atoms with E-state index in [0.717, 1.165) is 0 Å². The fourth-order valence-corrected chi connectivity index (χ4v) is 0. The summed E-state index contributed by atoms with van der Waals surface area (Å²) in [5.41, 5.74) is 0. The molecule has 0 heterocycles. The monoisotopic (exact) mass is 157 g/mol. The van der Waals surface area contributed by atoms with Crippen molar-refractivity contribution >= 4 is 10.3 Å². The van der Waals surface area contributed by atoms with Crippen molar-refractivity contribution < 1.29 is 22.3 Å². The fourth-order valence-electron chi connectivity index (χ4n) is 0. The third kappa shape index (κ3) is 3.41. The molecule has 0 amide bonds. The van der Waals surface area contributed by atoms with E-state index in [1.165, 1.54) is 21.1 Å². The van der Waals surface area contributed by atoms with Gasteiger partial charge in [0.15, 0.2) is 0 Å². The predicted molar refractivity (Wildman–Crippen MR) is 31.5 cm³/mol. The molecular weight excluding hydrogens is 146 g/mol. The van der Waals surface area contributed by atoms with Gasteiger partial charge in [-0.25, -0.2) is 8.44 Å². The molecule has 0 saturated carbocycles. The zero-order chi connectivity index (χ0) is 7.00. The van der Waals surface area contributed by atoms with Crippen molar-refractivity contribution in [3.63, 3.8) is 0 Å². The normalized spacial score (nSPS) is 12.4. The highest BCUT2D eigenvalue weighted by Gasteiger charge is 2.23. The lowest BCUT2D eigenvalue weighted by Gasteiger charge is -2.16. The first kappa shape index (κ1) is 11.6. The lowest BCUT2D eigenvalue weighted by molar-refractivity contribution is -0.744. The van der Waals surface area contributed by atoms with E-state index in [1.54, 1.807) is 0 Å². The van der Waals surface area contributed by atoms with Crippen LogP contribution in [0, 0.1) is 0 Å². The number of quaternary nitrogens is 1. The minimum absolute atomic E-state index is 0. The summed E-state index contributed by atoms with van der Waals surface area (Å²) >= 11 is 0. The van der Waals surface area contributed by atoms with E-state index in [-0.39, 0.29) is 5.48 Å². The Balaban J connectivity index is 0. The van der Waals surface area contributed by atoms with Gasteiger partial charge in [-0.2, -0.15) is 0 Å². The first-order chi connectivity index (χ1) is 3.25. The van der Waals surface area contributed by atoms with Crippen molar-refractivity contribution in [2.24, 2.45) is 0 Å². The molecule has 0 aliphatic carbocycles. The molecule has 0 saturated heterocycles. The maximum atomic E-state index is 10.2. The number of rotatable bonds is 1. The molecule has 0 spiro atoms. The Hall–Kier alpha value is -0.170. The molecule has 0 aromatic rings. The van der Waals surface area contributed by atoms with Crippen LogP contribution in [0.25, 0.3) is 0 Å². The molecule has 0 aromatic heterocycles. The van der Waals surface area contributed by atoms with Crippen molar-refractivity contribution in [2.45, 2.75) is 0 Å². The Morgan fingerprint density at radius 2 is 1.33 bits per heavy atom. The topological polar surface area (TPSA) is 84.4 Å². The van der Waals surface area contributed by atoms with Crippen LogP contribution in [0.1, 0.15) is 0 Å². The van der Waals surface area contributed by atoms with E-state index in [1.807, 2.05) is 0 Å².